The summed E-state index contributed by atoms with van der Waals surface area (Å²) >= 11 is 0. The molecule has 0 spiro atoms. The first-order valence-electron chi connectivity index (χ1n) is 6.10. The molecule has 0 amide bonds. The van der Waals surface area contributed by atoms with Gasteiger partial charge in [0.1, 0.15) is 5.52 Å². The lowest BCUT2D eigenvalue weighted by Crippen LogP contribution is -2.05. The Bertz CT molecular complexity index is 909. The van der Waals surface area contributed by atoms with Crippen molar-refractivity contribution in [1.29, 1.82) is 0 Å². The fourth-order valence-corrected chi connectivity index (χ4v) is 2.13. The molecule has 0 bridgehead atoms. The van der Waals surface area contributed by atoms with Gasteiger partial charge in [-0.1, -0.05) is 6.07 Å². The maximum atomic E-state index is 5.62. The van der Waals surface area contributed by atoms with E-state index in [4.69, 9.17) is 10.2 Å². The molecule has 0 fully saturated rings. The van der Waals surface area contributed by atoms with Crippen LogP contribution in [-0.2, 0) is 6.54 Å². The zero-order chi connectivity index (χ0) is 13.5. The molecule has 0 aliphatic rings. The molecule has 20 heavy (non-hydrogen) atoms. The molecule has 2 N–H and O–H groups in total. The summed E-state index contributed by atoms with van der Waals surface area (Å²) in [6.45, 7) is 0.290. The van der Waals surface area contributed by atoms with Crippen molar-refractivity contribution in [2.75, 3.05) is 0 Å². The highest BCUT2D eigenvalue weighted by atomic mass is 16.3. The number of oxazole rings is 1. The Labute approximate surface area is 113 Å². The van der Waals surface area contributed by atoms with Crippen LogP contribution in [0.3, 0.4) is 0 Å². The van der Waals surface area contributed by atoms with Gasteiger partial charge in [-0.2, -0.15) is 9.61 Å². The Kier molecular flexibility index (Phi) is 2.27. The maximum Gasteiger partial charge on any atom is 0.181 e. The molecule has 0 aliphatic carbocycles. The molecule has 98 valence electrons. The van der Waals surface area contributed by atoms with Crippen LogP contribution >= 0.6 is 0 Å². The van der Waals surface area contributed by atoms with Crippen molar-refractivity contribution in [3.8, 4) is 11.3 Å². The van der Waals surface area contributed by atoms with E-state index in [-0.39, 0.29) is 0 Å². The van der Waals surface area contributed by atoms with Gasteiger partial charge in [0.15, 0.2) is 23.4 Å². The zero-order valence-electron chi connectivity index (χ0n) is 10.4. The van der Waals surface area contributed by atoms with E-state index >= 15 is 0 Å². The van der Waals surface area contributed by atoms with Crippen molar-refractivity contribution in [2.45, 2.75) is 6.54 Å². The number of fused-ring (bicyclic) bond motifs is 2. The summed E-state index contributed by atoms with van der Waals surface area (Å²) < 4.78 is 6.96. The van der Waals surface area contributed by atoms with E-state index in [1.807, 2.05) is 30.3 Å². The third kappa shape index (κ3) is 1.57. The van der Waals surface area contributed by atoms with Crippen molar-refractivity contribution >= 4 is 16.7 Å². The second-order valence-corrected chi connectivity index (χ2v) is 4.34. The van der Waals surface area contributed by atoms with Crippen LogP contribution < -0.4 is 5.73 Å². The van der Waals surface area contributed by atoms with Crippen LogP contribution in [0.25, 0.3) is 28.0 Å². The van der Waals surface area contributed by atoms with E-state index in [1.54, 1.807) is 4.52 Å². The summed E-state index contributed by atoms with van der Waals surface area (Å²) in [7, 11) is 0. The van der Waals surface area contributed by atoms with Crippen molar-refractivity contribution in [3.63, 3.8) is 0 Å². The highest BCUT2D eigenvalue weighted by Gasteiger charge is 2.08. The van der Waals surface area contributed by atoms with Gasteiger partial charge in [0.2, 0.25) is 0 Å². The second kappa shape index (κ2) is 4.10. The molecule has 7 heteroatoms. The molecule has 0 atom stereocenters. The van der Waals surface area contributed by atoms with Crippen molar-refractivity contribution < 1.29 is 4.42 Å². The monoisotopic (exact) mass is 266 g/mol. The fourth-order valence-electron chi connectivity index (χ4n) is 2.13. The first-order valence-corrected chi connectivity index (χ1v) is 6.10. The number of rotatable bonds is 2. The Morgan fingerprint density at radius 3 is 3.00 bits per heavy atom. The summed E-state index contributed by atoms with van der Waals surface area (Å²) in [4.78, 5) is 4.09. The molecule has 0 saturated heterocycles. The van der Waals surface area contributed by atoms with Crippen LogP contribution in [0.2, 0.25) is 0 Å². The first-order chi connectivity index (χ1) is 9.85. The van der Waals surface area contributed by atoms with Gasteiger partial charge in [0, 0.05) is 5.56 Å². The number of hydrogen-bond donors (Lipinski definition) is 1. The molecule has 0 aliphatic heterocycles. The SMILES string of the molecule is NCc1nnc2ccc(-c3ccc4ncoc4c3)nn12. The van der Waals surface area contributed by atoms with E-state index < -0.39 is 0 Å². The number of benzene rings is 1. The molecular formula is C13H10N6O. The Morgan fingerprint density at radius 2 is 2.10 bits per heavy atom. The average Bonchev–Trinajstić information content (AvgIpc) is 3.12. The largest absolute Gasteiger partial charge is 0.443 e. The van der Waals surface area contributed by atoms with Crippen molar-refractivity contribution in [2.24, 2.45) is 5.73 Å². The van der Waals surface area contributed by atoms with E-state index in [9.17, 15) is 0 Å². The van der Waals surface area contributed by atoms with E-state index in [2.05, 4.69) is 20.3 Å². The second-order valence-electron chi connectivity index (χ2n) is 4.34. The van der Waals surface area contributed by atoms with Gasteiger partial charge >= 0.3 is 0 Å². The molecular weight excluding hydrogens is 256 g/mol. The molecule has 4 aromatic rings. The molecule has 0 unspecified atom stereocenters. The van der Waals surface area contributed by atoms with Crippen molar-refractivity contribution in [1.82, 2.24) is 24.8 Å². The predicted molar refractivity (Wildman–Crippen MR) is 71.7 cm³/mol. The molecule has 0 radical (unpaired) electrons. The van der Waals surface area contributed by atoms with Crippen LogP contribution in [-0.4, -0.2) is 24.8 Å². The Balaban J connectivity index is 1.91. The molecule has 3 heterocycles. The van der Waals surface area contributed by atoms with Crippen LogP contribution in [0.1, 0.15) is 5.82 Å². The summed E-state index contributed by atoms with van der Waals surface area (Å²) in [6, 6.07) is 9.51. The minimum atomic E-state index is 0.290. The van der Waals surface area contributed by atoms with Crippen LogP contribution in [0, 0.1) is 0 Å². The van der Waals surface area contributed by atoms with Crippen LogP contribution in [0.15, 0.2) is 41.1 Å². The minimum absolute atomic E-state index is 0.290. The number of aromatic nitrogens is 5. The Morgan fingerprint density at radius 1 is 1.15 bits per heavy atom. The highest BCUT2D eigenvalue weighted by molar-refractivity contribution is 5.78. The van der Waals surface area contributed by atoms with Crippen LogP contribution in [0.4, 0.5) is 0 Å². The topological polar surface area (TPSA) is 95.1 Å². The number of nitrogens with two attached hydrogens (primary N) is 1. The zero-order valence-corrected chi connectivity index (χ0v) is 10.4. The number of nitrogens with zero attached hydrogens (tertiary/aromatic N) is 5. The first kappa shape index (κ1) is 11.1. The summed E-state index contributed by atoms with van der Waals surface area (Å²) in [5.41, 5.74) is 9.58. The lowest BCUT2D eigenvalue weighted by Gasteiger charge is -2.02. The van der Waals surface area contributed by atoms with E-state index in [0.29, 0.717) is 18.0 Å². The summed E-state index contributed by atoms with van der Waals surface area (Å²) in [5, 5.41) is 12.5. The maximum absolute atomic E-state index is 5.62. The Hall–Kier alpha value is -2.80. The minimum Gasteiger partial charge on any atom is -0.443 e. The van der Waals surface area contributed by atoms with Gasteiger partial charge in [-0.05, 0) is 24.3 Å². The normalized spacial score (nSPS) is 11.4. The van der Waals surface area contributed by atoms with Crippen molar-refractivity contribution in [3.05, 3.63) is 42.5 Å². The predicted octanol–water partition coefficient (Wildman–Crippen LogP) is 1.39. The third-order valence-electron chi connectivity index (χ3n) is 3.14. The van der Waals surface area contributed by atoms with Gasteiger partial charge in [0.25, 0.3) is 0 Å². The van der Waals surface area contributed by atoms with Gasteiger partial charge < -0.3 is 10.2 Å². The lowest BCUT2D eigenvalue weighted by atomic mass is 10.1. The van der Waals surface area contributed by atoms with Gasteiger partial charge in [-0.25, -0.2) is 4.98 Å². The smallest absolute Gasteiger partial charge is 0.181 e. The summed E-state index contributed by atoms with van der Waals surface area (Å²) in [6.07, 6.45) is 1.43. The van der Waals surface area contributed by atoms with E-state index in [0.717, 1.165) is 22.4 Å². The fraction of sp³-hybridized carbons (Fsp3) is 0.0769. The highest BCUT2D eigenvalue weighted by Crippen LogP contribution is 2.22. The number of hydrogen-bond acceptors (Lipinski definition) is 6. The van der Waals surface area contributed by atoms with Gasteiger partial charge in [-0.15, -0.1) is 10.2 Å². The van der Waals surface area contributed by atoms with Gasteiger partial charge in [0.05, 0.1) is 12.2 Å². The molecule has 4 rings (SSSR count). The molecule has 1 aromatic carbocycles. The summed E-state index contributed by atoms with van der Waals surface area (Å²) in [5.74, 6) is 0.627. The quantitative estimate of drug-likeness (QED) is 0.589. The van der Waals surface area contributed by atoms with E-state index in [1.165, 1.54) is 6.39 Å². The van der Waals surface area contributed by atoms with Gasteiger partial charge in [-0.3, -0.25) is 0 Å². The molecule has 3 aromatic heterocycles. The average molecular weight is 266 g/mol. The molecule has 0 saturated carbocycles. The standard InChI is InChI=1S/C13H10N6O/c14-6-13-17-16-12-4-3-9(18-19(12)13)8-1-2-10-11(5-8)20-7-15-10/h1-5,7H,6,14H2. The third-order valence-corrected chi connectivity index (χ3v) is 3.14. The lowest BCUT2D eigenvalue weighted by molar-refractivity contribution is 0.602. The van der Waals surface area contributed by atoms with Crippen LogP contribution in [0.5, 0.6) is 0 Å². The molecule has 7 nitrogen and oxygen atoms in total.